The molecular weight excluding hydrogens is 160 g/mol. The van der Waals surface area contributed by atoms with Crippen LogP contribution in [-0.4, -0.2) is 6.61 Å². The summed E-state index contributed by atoms with van der Waals surface area (Å²) in [6.07, 6.45) is 1.19. The zero-order valence-electron chi connectivity index (χ0n) is 8.49. The van der Waals surface area contributed by atoms with Crippen molar-refractivity contribution in [1.82, 2.24) is 0 Å². The molecule has 0 spiro atoms. The number of rotatable bonds is 5. The molecule has 0 aliphatic heterocycles. The minimum absolute atomic E-state index is 0.670. The van der Waals surface area contributed by atoms with Gasteiger partial charge in [-0.2, -0.15) is 0 Å². The van der Waals surface area contributed by atoms with Gasteiger partial charge in [0, 0.05) is 6.61 Å². The molecule has 0 saturated carbocycles. The molecule has 13 heavy (non-hydrogen) atoms. The van der Waals surface area contributed by atoms with Crippen molar-refractivity contribution in [2.75, 3.05) is 6.61 Å². The van der Waals surface area contributed by atoms with Gasteiger partial charge in [0.25, 0.3) is 0 Å². The average Bonchev–Trinajstić information content (AvgIpc) is 2.19. The Kier molecular flexibility index (Phi) is 4.55. The largest absolute Gasteiger partial charge is 0.376 e. The second-order valence-corrected chi connectivity index (χ2v) is 3.51. The first-order valence-electron chi connectivity index (χ1n) is 4.94. The predicted octanol–water partition coefficient (Wildman–Crippen LogP) is 3.25. The summed E-state index contributed by atoms with van der Waals surface area (Å²) in [6, 6.07) is 10.3. The SMILES string of the molecule is CC[C@H](C)COCc1ccccc1. The van der Waals surface area contributed by atoms with Crippen LogP contribution in [0.5, 0.6) is 0 Å². The van der Waals surface area contributed by atoms with E-state index in [1.54, 1.807) is 0 Å². The summed E-state index contributed by atoms with van der Waals surface area (Å²) >= 11 is 0. The maximum Gasteiger partial charge on any atom is 0.0717 e. The summed E-state index contributed by atoms with van der Waals surface area (Å²) in [6.45, 7) is 6.01. The normalized spacial score (nSPS) is 12.8. The van der Waals surface area contributed by atoms with Crippen molar-refractivity contribution in [2.24, 2.45) is 5.92 Å². The van der Waals surface area contributed by atoms with Gasteiger partial charge < -0.3 is 4.74 Å². The van der Waals surface area contributed by atoms with Crippen molar-refractivity contribution in [3.8, 4) is 0 Å². The molecule has 0 N–H and O–H groups in total. The summed E-state index contributed by atoms with van der Waals surface area (Å²) < 4.78 is 5.57. The number of hydrogen-bond donors (Lipinski definition) is 0. The third kappa shape index (κ3) is 4.09. The van der Waals surface area contributed by atoms with Crippen LogP contribution in [0.4, 0.5) is 0 Å². The lowest BCUT2D eigenvalue weighted by atomic mass is 10.1. The molecule has 1 nitrogen and oxygen atoms in total. The summed E-state index contributed by atoms with van der Waals surface area (Å²) in [5.41, 5.74) is 1.26. The first kappa shape index (κ1) is 10.3. The minimum Gasteiger partial charge on any atom is -0.376 e. The molecule has 0 radical (unpaired) electrons. The molecule has 1 rings (SSSR count). The molecule has 1 aromatic carbocycles. The van der Waals surface area contributed by atoms with E-state index in [-0.39, 0.29) is 0 Å². The lowest BCUT2D eigenvalue weighted by Crippen LogP contribution is -2.04. The molecule has 72 valence electrons. The van der Waals surface area contributed by atoms with Crippen molar-refractivity contribution in [3.63, 3.8) is 0 Å². The van der Waals surface area contributed by atoms with Crippen LogP contribution in [0.15, 0.2) is 30.3 Å². The maximum absolute atomic E-state index is 5.57. The van der Waals surface area contributed by atoms with Gasteiger partial charge in [-0.1, -0.05) is 50.6 Å². The molecule has 0 fully saturated rings. The van der Waals surface area contributed by atoms with Gasteiger partial charge >= 0.3 is 0 Å². The molecule has 0 saturated heterocycles. The fraction of sp³-hybridized carbons (Fsp3) is 0.500. The molecule has 0 bridgehead atoms. The average molecular weight is 178 g/mol. The van der Waals surface area contributed by atoms with Crippen molar-refractivity contribution in [3.05, 3.63) is 35.9 Å². The highest BCUT2D eigenvalue weighted by Crippen LogP contribution is 2.04. The van der Waals surface area contributed by atoms with Gasteiger partial charge in [0.1, 0.15) is 0 Å². The molecule has 1 atom stereocenters. The summed E-state index contributed by atoms with van der Waals surface area (Å²) in [7, 11) is 0. The lowest BCUT2D eigenvalue weighted by molar-refractivity contribution is 0.0910. The minimum atomic E-state index is 0.670. The third-order valence-corrected chi connectivity index (χ3v) is 2.21. The van der Waals surface area contributed by atoms with Crippen molar-refractivity contribution >= 4 is 0 Å². The third-order valence-electron chi connectivity index (χ3n) is 2.21. The van der Waals surface area contributed by atoms with E-state index in [1.807, 2.05) is 18.2 Å². The van der Waals surface area contributed by atoms with Gasteiger partial charge in [-0.05, 0) is 11.5 Å². The van der Waals surface area contributed by atoms with Crippen LogP contribution in [0.25, 0.3) is 0 Å². The Labute approximate surface area is 80.7 Å². The van der Waals surface area contributed by atoms with E-state index < -0.39 is 0 Å². The Morgan fingerprint density at radius 3 is 2.54 bits per heavy atom. The Morgan fingerprint density at radius 2 is 1.92 bits per heavy atom. The van der Waals surface area contributed by atoms with Crippen LogP contribution >= 0.6 is 0 Å². The first-order chi connectivity index (χ1) is 6.33. The Balaban J connectivity index is 2.20. The Bertz CT molecular complexity index is 218. The second-order valence-electron chi connectivity index (χ2n) is 3.51. The second kappa shape index (κ2) is 5.76. The van der Waals surface area contributed by atoms with Gasteiger partial charge in [0.2, 0.25) is 0 Å². The van der Waals surface area contributed by atoms with Crippen molar-refractivity contribution in [2.45, 2.75) is 26.9 Å². The van der Waals surface area contributed by atoms with Crippen LogP contribution in [0.3, 0.4) is 0 Å². The monoisotopic (exact) mass is 178 g/mol. The van der Waals surface area contributed by atoms with Gasteiger partial charge in [-0.3, -0.25) is 0 Å². The van der Waals surface area contributed by atoms with Gasteiger partial charge in [-0.15, -0.1) is 0 Å². The van der Waals surface area contributed by atoms with Gasteiger partial charge in [-0.25, -0.2) is 0 Å². The molecule has 1 aromatic rings. The van der Waals surface area contributed by atoms with Crippen molar-refractivity contribution in [1.29, 1.82) is 0 Å². The van der Waals surface area contributed by atoms with E-state index in [9.17, 15) is 0 Å². The van der Waals surface area contributed by atoms with Crippen LogP contribution < -0.4 is 0 Å². The summed E-state index contributed by atoms with van der Waals surface area (Å²) in [5.74, 6) is 0.670. The molecular formula is C12H18O. The number of benzene rings is 1. The van der Waals surface area contributed by atoms with E-state index in [1.165, 1.54) is 12.0 Å². The lowest BCUT2D eigenvalue weighted by Gasteiger charge is -2.08. The quantitative estimate of drug-likeness (QED) is 0.672. The zero-order chi connectivity index (χ0) is 9.52. The fourth-order valence-corrected chi connectivity index (χ4v) is 1.07. The van der Waals surface area contributed by atoms with E-state index in [2.05, 4.69) is 26.0 Å². The summed E-state index contributed by atoms with van der Waals surface area (Å²) in [5, 5.41) is 0. The van der Waals surface area contributed by atoms with Crippen molar-refractivity contribution < 1.29 is 4.74 Å². The van der Waals surface area contributed by atoms with Crippen LogP contribution in [0.1, 0.15) is 25.8 Å². The molecule has 0 aliphatic rings. The highest BCUT2D eigenvalue weighted by atomic mass is 16.5. The molecule has 1 heteroatoms. The fourth-order valence-electron chi connectivity index (χ4n) is 1.07. The topological polar surface area (TPSA) is 9.23 Å². The van der Waals surface area contributed by atoms with E-state index in [0.29, 0.717) is 5.92 Å². The highest BCUT2D eigenvalue weighted by Gasteiger charge is 1.98. The number of hydrogen-bond acceptors (Lipinski definition) is 1. The molecule has 0 aliphatic carbocycles. The molecule has 0 amide bonds. The predicted molar refractivity (Wildman–Crippen MR) is 55.6 cm³/mol. The van der Waals surface area contributed by atoms with Gasteiger partial charge in [0.05, 0.1) is 6.61 Å². The Hall–Kier alpha value is -0.820. The van der Waals surface area contributed by atoms with E-state index >= 15 is 0 Å². The Morgan fingerprint density at radius 1 is 1.23 bits per heavy atom. The number of ether oxygens (including phenoxy) is 1. The molecule has 0 aromatic heterocycles. The van der Waals surface area contributed by atoms with Crippen LogP contribution in [0.2, 0.25) is 0 Å². The van der Waals surface area contributed by atoms with Crippen LogP contribution in [0, 0.1) is 5.92 Å². The van der Waals surface area contributed by atoms with Gasteiger partial charge in [0.15, 0.2) is 0 Å². The van der Waals surface area contributed by atoms with E-state index in [0.717, 1.165) is 13.2 Å². The maximum atomic E-state index is 5.57. The molecule has 0 unspecified atom stereocenters. The van der Waals surface area contributed by atoms with Crippen LogP contribution in [-0.2, 0) is 11.3 Å². The van der Waals surface area contributed by atoms with E-state index in [4.69, 9.17) is 4.74 Å². The zero-order valence-corrected chi connectivity index (χ0v) is 8.49. The standard InChI is InChI=1S/C12H18O/c1-3-11(2)9-13-10-12-7-5-4-6-8-12/h4-8,11H,3,9-10H2,1-2H3/t11-/m0/s1. The smallest absolute Gasteiger partial charge is 0.0717 e. The molecule has 0 heterocycles. The highest BCUT2D eigenvalue weighted by molar-refractivity contribution is 5.13. The first-order valence-corrected chi connectivity index (χ1v) is 4.94. The summed E-state index contributed by atoms with van der Waals surface area (Å²) in [4.78, 5) is 0.